The largest absolute Gasteiger partial charge is 0.493 e. The first-order chi connectivity index (χ1) is 11.8. The minimum absolute atomic E-state index is 0.738. The monoisotopic (exact) mass is 331 g/mol. The van der Waals surface area contributed by atoms with Gasteiger partial charge in [-0.15, -0.1) is 0 Å². The van der Waals surface area contributed by atoms with Crippen LogP contribution < -0.4 is 14.8 Å². The average Bonchev–Trinajstić information content (AvgIpc) is 3.12. The van der Waals surface area contributed by atoms with Gasteiger partial charge in [-0.2, -0.15) is 0 Å². The van der Waals surface area contributed by atoms with Gasteiger partial charge in [-0.3, -0.25) is 0 Å². The maximum atomic E-state index is 6.00. The van der Waals surface area contributed by atoms with E-state index in [1.165, 1.54) is 12.8 Å². The Morgan fingerprint density at radius 2 is 2.12 bits per heavy atom. The number of para-hydroxylation sites is 1. The normalized spacial score (nSPS) is 10.8. The van der Waals surface area contributed by atoms with E-state index in [9.17, 15) is 0 Å². The summed E-state index contributed by atoms with van der Waals surface area (Å²) in [6, 6.07) is 6.07. The lowest BCUT2D eigenvalue weighted by Gasteiger charge is -2.15. The van der Waals surface area contributed by atoms with Gasteiger partial charge in [0, 0.05) is 31.0 Å². The third-order valence-electron chi connectivity index (χ3n) is 3.92. The Morgan fingerprint density at radius 1 is 1.21 bits per heavy atom. The average molecular weight is 331 g/mol. The highest BCUT2D eigenvalue weighted by Gasteiger charge is 2.10. The number of aromatic nitrogens is 2. The van der Waals surface area contributed by atoms with Crippen LogP contribution in [0.15, 0.2) is 36.9 Å². The molecule has 1 aromatic carbocycles. The molecule has 1 aromatic heterocycles. The molecule has 0 bridgehead atoms. The van der Waals surface area contributed by atoms with Gasteiger partial charge in [-0.1, -0.05) is 31.9 Å². The van der Waals surface area contributed by atoms with Crippen molar-refractivity contribution in [1.29, 1.82) is 0 Å². The summed E-state index contributed by atoms with van der Waals surface area (Å²) < 4.78 is 13.5. The fourth-order valence-corrected chi connectivity index (χ4v) is 2.58. The first-order valence-electron chi connectivity index (χ1n) is 8.80. The summed E-state index contributed by atoms with van der Waals surface area (Å²) in [5.41, 5.74) is 1.15. The zero-order chi connectivity index (χ0) is 17.0. The summed E-state index contributed by atoms with van der Waals surface area (Å²) in [7, 11) is 1.69. The first kappa shape index (κ1) is 18.3. The predicted molar refractivity (Wildman–Crippen MR) is 96.6 cm³/mol. The molecule has 2 aromatic rings. The van der Waals surface area contributed by atoms with E-state index in [0.717, 1.165) is 56.1 Å². The molecule has 0 saturated carbocycles. The quantitative estimate of drug-likeness (QED) is 0.603. The summed E-state index contributed by atoms with van der Waals surface area (Å²) >= 11 is 0. The summed E-state index contributed by atoms with van der Waals surface area (Å²) in [6.07, 6.45) is 10.2. The predicted octanol–water partition coefficient (Wildman–Crippen LogP) is 3.64. The van der Waals surface area contributed by atoms with Crippen LogP contribution in [0.3, 0.4) is 0 Å². The van der Waals surface area contributed by atoms with E-state index in [1.807, 2.05) is 30.9 Å². The molecule has 0 amide bonds. The van der Waals surface area contributed by atoms with E-state index < -0.39 is 0 Å². The van der Waals surface area contributed by atoms with Gasteiger partial charge in [-0.05, 0) is 25.5 Å². The maximum Gasteiger partial charge on any atom is 0.165 e. The molecule has 1 heterocycles. The Hall–Kier alpha value is -2.01. The number of benzene rings is 1. The van der Waals surface area contributed by atoms with Crippen molar-refractivity contribution in [2.75, 3.05) is 20.3 Å². The number of ether oxygens (including phenoxy) is 2. The second kappa shape index (κ2) is 10.7. The molecule has 1 N–H and O–H groups in total. The Balaban J connectivity index is 1.81. The Bertz CT molecular complexity index is 570. The van der Waals surface area contributed by atoms with Crippen LogP contribution in [-0.2, 0) is 13.1 Å². The van der Waals surface area contributed by atoms with E-state index in [1.54, 1.807) is 7.11 Å². The van der Waals surface area contributed by atoms with E-state index in [4.69, 9.17) is 9.47 Å². The van der Waals surface area contributed by atoms with Crippen molar-refractivity contribution in [1.82, 2.24) is 14.9 Å². The molecule has 0 spiro atoms. The van der Waals surface area contributed by atoms with Gasteiger partial charge in [0.25, 0.3) is 0 Å². The highest BCUT2D eigenvalue weighted by atomic mass is 16.5. The van der Waals surface area contributed by atoms with Crippen molar-refractivity contribution in [3.63, 3.8) is 0 Å². The number of nitrogens with one attached hydrogen (secondary N) is 1. The van der Waals surface area contributed by atoms with Gasteiger partial charge in [0.15, 0.2) is 11.5 Å². The van der Waals surface area contributed by atoms with Crippen molar-refractivity contribution in [2.45, 2.75) is 45.7 Å². The minimum atomic E-state index is 0.738. The molecule has 0 atom stereocenters. The second-order valence-corrected chi connectivity index (χ2v) is 5.83. The summed E-state index contributed by atoms with van der Waals surface area (Å²) in [5.74, 6) is 1.68. The number of hydrogen-bond acceptors (Lipinski definition) is 4. The zero-order valence-corrected chi connectivity index (χ0v) is 14.8. The second-order valence-electron chi connectivity index (χ2n) is 5.83. The molecule has 0 unspecified atom stereocenters. The number of methoxy groups -OCH3 is 1. The highest BCUT2D eigenvalue weighted by molar-refractivity contribution is 5.46. The van der Waals surface area contributed by atoms with Crippen LogP contribution in [0.2, 0.25) is 0 Å². The van der Waals surface area contributed by atoms with Crippen LogP contribution in [0.1, 0.15) is 38.2 Å². The Kier molecular flexibility index (Phi) is 8.18. The standard InChI is InChI=1S/C19H29N3O2/c1-3-4-5-14-24-19-17(8-6-9-18(19)23-2)15-20-10-7-12-22-13-11-21-16-22/h6,8-9,11,13,16,20H,3-5,7,10,12,14-15H2,1-2H3. The SMILES string of the molecule is CCCCCOc1c(CNCCCn2ccnc2)cccc1OC. The molecule has 2 rings (SSSR count). The molecular weight excluding hydrogens is 302 g/mol. The summed E-state index contributed by atoms with van der Waals surface area (Å²) in [6.45, 7) is 5.64. The van der Waals surface area contributed by atoms with Crippen LogP contribution in [0.5, 0.6) is 11.5 Å². The van der Waals surface area contributed by atoms with Gasteiger partial charge in [-0.25, -0.2) is 4.98 Å². The lowest BCUT2D eigenvalue weighted by molar-refractivity contribution is 0.282. The van der Waals surface area contributed by atoms with E-state index >= 15 is 0 Å². The zero-order valence-electron chi connectivity index (χ0n) is 14.8. The molecule has 0 aliphatic heterocycles. The molecule has 0 radical (unpaired) electrons. The van der Waals surface area contributed by atoms with Crippen LogP contribution in [0, 0.1) is 0 Å². The van der Waals surface area contributed by atoms with Crippen LogP contribution >= 0.6 is 0 Å². The van der Waals surface area contributed by atoms with E-state index in [2.05, 4.69) is 27.9 Å². The number of hydrogen-bond donors (Lipinski definition) is 1. The lowest BCUT2D eigenvalue weighted by atomic mass is 10.1. The molecule has 0 saturated heterocycles. The molecule has 0 aliphatic rings. The van der Waals surface area contributed by atoms with Crippen molar-refractivity contribution in [2.24, 2.45) is 0 Å². The topological polar surface area (TPSA) is 48.3 Å². The fraction of sp³-hybridized carbons (Fsp3) is 0.526. The minimum Gasteiger partial charge on any atom is -0.493 e. The van der Waals surface area contributed by atoms with Gasteiger partial charge in [0.1, 0.15) is 0 Å². The molecule has 5 heteroatoms. The lowest BCUT2D eigenvalue weighted by Crippen LogP contribution is -2.17. The number of aryl methyl sites for hydroxylation is 1. The van der Waals surface area contributed by atoms with Crippen molar-refractivity contribution in [3.8, 4) is 11.5 Å². The Labute approximate surface area is 145 Å². The van der Waals surface area contributed by atoms with Crippen LogP contribution in [0.4, 0.5) is 0 Å². The summed E-state index contributed by atoms with van der Waals surface area (Å²) in [4.78, 5) is 4.05. The van der Waals surface area contributed by atoms with Gasteiger partial charge in [0.2, 0.25) is 0 Å². The number of rotatable bonds is 12. The summed E-state index contributed by atoms with van der Waals surface area (Å²) in [5, 5.41) is 3.49. The molecule has 132 valence electrons. The van der Waals surface area contributed by atoms with Crippen molar-refractivity contribution in [3.05, 3.63) is 42.5 Å². The number of imidazole rings is 1. The Morgan fingerprint density at radius 3 is 2.88 bits per heavy atom. The molecule has 24 heavy (non-hydrogen) atoms. The van der Waals surface area contributed by atoms with Crippen LogP contribution in [-0.4, -0.2) is 29.8 Å². The highest BCUT2D eigenvalue weighted by Crippen LogP contribution is 2.31. The third-order valence-corrected chi connectivity index (χ3v) is 3.92. The first-order valence-corrected chi connectivity index (χ1v) is 8.80. The molecule has 0 aliphatic carbocycles. The van der Waals surface area contributed by atoms with E-state index in [0.29, 0.717) is 0 Å². The number of nitrogens with zero attached hydrogens (tertiary/aromatic N) is 2. The molecular formula is C19H29N3O2. The van der Waals surface area contributed by atoms with Crippen molar-refractivity contribution < 1.29 is 9.47 Å². The molecule has 5 nitrogen and oxygen atoms in total. The maximum absolute atomic E-state index is 6.00. The van der Waals surface area contributed by atoms with Crippen LogP contribution in [0.25, 0.3) is 0 Å². The number of unbranched alkanes of at least 4 members (excludes halogenated alkanes) is 2. The fourth-order valence-electron chi connectivity index (χ4n) is 2.58. The smallest absolute Gasteiger partial charge is 0.165 e. The van der Waals surface area contributed by atoms with Gasteiger partial charge in [0.05, 0.1) is 20.0 Å². The van der Waals surface area contributed by atoms with E-state index in [-0.39, 0.29) is 0 Å². The van der Waals surface area contributed by atoms with Gasteiger partial charge >= 0.3 is 0 Å². The third kappa shape index (κ3) is 5.89. The van der Waals surface area contributed by atoms with Gasteiger partial charge < -0.3 is 19.4 Å². The molecule has 0 fully saturated rings. The van der Waals surface area contributed by atoms with Crippen molar-refractivity contribution >= 4 is 0 Å².